The molecular weight excluding hydrogens is 334 g/mol. The van der Waals surface area contributed by atoms with Gasteiger partial charge in [0.15, 0.2) is 0 Å². The molecule has 0 N–H and O–H groups in total. The van der Waals surface area contributed by atoms with Crippen LogP contribution >= 0.6 is 31.9 Å². The van der Waals surface area contributed by atoms with Gasteiger partial charge in [-0.3, -0.25) is 0 Å². The van der Waals surface area contributed by atoms with Gasteiger partial charge in [-0.15, -0.1) is 0 Å². The van der Waals surface area contributed by atoms with Crippen molar-refractivity contribution in [1.82, 2.24) is 9.88 Å². The SMILES string of the molecule is CC1CN(C)CCN1c1ncc(Br)cc1Br. The molecule has 1 aliphatic heterocycles. The summed E-state index contributed by atoms with van der Waals surface area (Å²) < 4.78 is 2.06. The van der Waals surface area contributed by atoms with Crippen LogP contribution in [0.25, 0.3) is 0 Å². The molecule has 2 heterocycles. The van der Waals surface area contributed by atoms with Crippen molar-refractivity contribution in [2.75, 3.05) is 31.6 Å². The summed E-state index contributed by atoms with van der Waals surface area (Å²) >= 11 is 7.00. The number of pyridine rings is 1. The second-order valence-corrected chi connectivity index (χ2v) is 6.03. The monoisotopic (exact) mass is 347 g/mol. The van der Waals surface area contributed by atoms with Crippen molar-refractivity contribution in [2.24, 2.45) is 0 Å². The largest absolute Gasteiger partial charge is 0.350 e. The molecule has 0 aliphatic carbocycles. The molecule has 3 nitrogen and oxygen atoms in total. The quantitative estimate of drug-likeness (QED) is 0.777. The molecule has 1 unspecified atom stereocenters. The van der Waals surface area contributed by atoms with Gasteiger partial charge in [0, 0.05) is 36.3 Å². The maximum absolute atomic E-state index is 4.49. The highest BCUT2D eigenvalue weighted by Crippen LogP contribution is 2.28. The lowest BCUT2D eigenvalue weighted by Gasteiger charge is -2.39. The third-order valence-electron chi connectivity index (χ3n) is 2.89. The highest BCUT2D eigenvalue weighted by molar-refractivity contribution is 9.11. The molecule has 0 spiro atoms. The van der Waals surface area contributed by atoms with Gasteiger partial charge in [0.1, 0.15) is 5.82 Å². The fourth-order valence-corrected chi connectivity index (χ4v) is 3.29. The van der Waals surface area contributed by atoms with Gasteiger partial charge in [-0.05, 0) is 51.9 Å². The smallest absolute Gasteiger partial charge is 0.143 e. The Morgan fingerprint density at radius 3 is 2.75 bits per heavy atom. The second kappa shape index (κ2) is 5.02. The molecular formula is C11H15Br2N3. The van der Waals surface area contributed by atoms with Gasteiger partial charge >= 0.3 is 0 Å². The zero-order valence-electron chi connectivity index (χ0n) is 9.45. The Kier molecular flexibility index (Phi) is 3.87. The first-order valence-electron chi connectivity index (χ1n) is 5.34. The summed E-state index contributed by atoms with van der Waals surface area (Å²) in [7, 11) is 2.16. The van der Waals surface area contributed by atoms with E-state index in [2.05, 4.69) is 60.6 Å². The summed E-state index contributed by atoms with van der Waals surface area (Å²) in [6.45, 7) is 5.45. The first-order chi connectivity index (χ1) is 7.58. The van der Waals surface area contributed by atoms with Crippen LogP contribution in [0.1, 0.15) is 6.92 Å². The molecule has 1 aromatic rings. The summed E-state index contributed by atoms with van der Waals surface area (Å²) in [6, 6.07) is 2.55. The van der Waals surface area contributed by atoms with Gasteiger partial charge in [0.25, 0.3) is 0 Å². The third-order valence-corrected chi connectivity index (χ3v) is 3.91. The molecule has 88 valence electrons. The number of anilines is 1. The number of hydrogen-bond donors (Lipinski definition) is 0. The number of piperazine rings is 1. The fraction of sp³-hybridized carbons (Fsp3) is 0.545. The molecule has 0 aromatic carbocycles. The maximum Gasteiger partial charge on any atom is 0.143 e. The van der Waals surface area contributed by atoms with Crippen LogP contribution in [0.4, 0.5) is 5.82 Å². The van der Waals surface area contributed by atoms with Gasteiger partial charge in [0.2, 0.25) is 0 Å². The summed E-state index contributed by atoms with van der Waals surface area (Å²) in [4.78, 5) is 9.20. The van der Waals surface area contributed by atoms with Gasteiger partial charge in [0.05, 0.1) is 4.47 Å². The van der Waals surface area contributed by atoms with Crippen LogP contribution in [0.15, 0.2) is 21.2 Å². The van der Waals surface area contributed by atoms with E-state index in [9.17, 15) is 0 Å². The van der Waals surface area contributed by atoms with E-state index in [-0.39, 0.29) is 0 Å². The Bertz CT molecular complexity index is 383. The van der Waals surface area contributed by atoms with Crippen LogP contribution in [0, 0.1) is 0 Å². The Hall–Kier alpha value is -0.130. The zero-order valence-corrected chi connectivity index (χ0v) is 12.6. The van der Waals surface area contributed by atoms with Crippen molar-refractivity contribution in [2.45, 2.75) is 13.0 Å². The van der Waals surface area contributed by atoms with Crippen molar-refractivity contribution < 1.29 is 0 Å². The van der Waals surface area contributed by atoms with E-state index in [1.54, 1.807) is 0 Å². The number of rotatable bonds is 1. The van der Waals surface area contributed by atoms with Gasteiger partial charge < -0.3 is 9.80 Å². The van der Waals surface area contributed by atoms with Crippen LogP contribution in [0.3, 0.4) is 0 Å². The molecule has 1 atom stereocenters. The summed E-state index contributed by atoms with van der Waals surface area (Å²) in [5, 5.41) is 0. The molecule has 1 aromatic heterocycles. The molecule has 0 amide bonds. The predicted molar refractivity (Wildman–Crippen MR) is 73.9 cm³/mol. The Morgan fingerprint density at radius 1 is 1.38 bits per heavy atom. The van der Waals surface area contributed by atoms with Crippen LogP contribution in [-0.4, -0.2) is 42.6 Å². The molecule has 2 rings (SSSR count). The lowest BCUT2D eigenvalue weighted by molar-refractivity contribution is 0.274. The first-order valence-corrected chi connectivity index (χ1v) is 6.93. The predicted octanol–water partition coefficient (Wildman–Crippen LogP) is 2.75. The molecule has 0 saturated carbocycles. The summed E-state index contributed by atoms with van der Waals surface area (Å²) in [6.07, 6.45) is 1.85. The third kappa shape index (κ3) is 2.57. The number of likely N-dealkylation sites (N-methyl/N-ethyl adjacent to an activating group) is 1. The lowest BCUT2D eigenvalue weighted by atomic mass is 10.2. The normalized spacial score (nSPS) is 22.5. The molecule has 1 aliphatic rings. The standard InChI is InChI=1S/C11H15Br2N3/c1-8-7-15(2)3-4-16(8)11-10(13)5-9(12)6-14-11/h5-6,8H,3-4,7H2,1-2H3. The van der Waals surface area contributed by atoms with Crippen LogP contribution in [0.5, 0.6) is 0 Å². The minimum atomic E-state index is 0.503. The molecule has 0 bridgehead atoms. The minimum Gasteiger partial charge on any atom is -0.350 e. The van der Waals surface area contributed by atoms with Crippen molar-refractivity contribution in [1.29, 1.82) is 0 Å². The van der Waals surface area contributed by atoms with E-state index in [1.165, 1.54) is 0 Å². The van der Waals surface area contributed by atoms with Crippen molar-refractivity contribution in [3.05, 3.63) is 21.2 Å². The Balaban J connectivity index is 2.23. The fourth-order valence-electron chi connectivity index (χ4n) is 2.07. The lowest BCUT2D eigenvalue weighted by Crippen LogP contribution is -2.50. The summed E-state index contributed by atoms with van der Waals surface area (Å²) in [5.74, 6) is 1.05. The molecule has 1 saturated heterocycles. The van der Waals surface area contributed by atoms with Gasteiger partial charge in [-0.1, -0.05) is 0 Å². The Labute approximate surface area is 113 Å². The van der Waals surface area contributed by atoms with Crippen molar-refractivity contribution >= 4 is 37.7 Å². The van der Waals surface area contributed by atoms with E-state index in [0.717, 1.165) is 34.4 Å². The van der Waals surface area contributed by atoms with Crippen molar-refractivity contribution in [3.63, 3.8) is 0 Å². The molecule has 1 fully saturated rings. The average molecular weight is 349 g/mol. The maximum atomic E-state index is 4.49. The molecule has 5 heteroatoms. The summed E-state index contributed by atoms with van der Waals surface area (Å²) in [5.41, 5.74) is 0. The van der Waals surface area contributed by atoms with E-state index in [1.807, 2.05) is 12.3 Å². The van der Waals surface area contributed by atoms with Crippen LogP contribution < -0.4 is 4.90 Å². The molecule has 16 heavy (non-hydrogen) atoms. The van der Waals surface area contributed by atoms with E-state index < -0.39 is 0 Å². The van der Waals surface area contributed by atoms with Crippen LogP contribution in [0.2, 0.25) is 0 Å². The highest BCUT2D eigenvalue weighted by atomic mass is 79.9. The second-order valence-electron chi connectivity index (χ2n) is 4.26. The average Bonchev–Trinajstić information content (AvgIpc) is 2.19. The molecule has 0 radical (unpaired) electrons. The van der Waals surface area contributed by atoms with E-state index in [4.69, 9.17) is 0 Å². The topological polar surface area (TPSA) is 19.4 Å². The van der Waals surface area contributed by atoms with Crippen molar-refractivity contribution in [3.8, 4) is 0 Å². The highest BCUT2D eigenvalue weighted by Gasteiger charge is 2.23. The Morgan fingerprint density at radius 2 is 2.12 bits per heavy atom. The minimum absolute atomic E-state index is 0.503. The van der Waals surface area contributed by atoms with E-state index >= 15 is 0 Å². The number of aromatic nitrogens is 1. The van der Waals surface area contributed by atoms with Gasteiger partial charge in [-0.25, -0.2) is 4.98 Å². The number of hydrogen-bond acceptors (Lipinski definition) is 3. The first kappa shape index (κ1) is 12.3. The number of halogens is 2. The van der Waals surface area contributed by atoms with Gasteiger partial charge in [-0.2, -0.15) is 0 Å². The zero-order chi connectivity index (χ0) is 11.7. The number of nitrogens with zero attached hydrogens (tertiary/aromatic N) is 3. The van der Waals surface area contributed by atoms with Crippen LogP contribution in [-0.2, 0) is 0 Å². The van der Waals surface area contributed by atoms with E-state index in [0.29, 0.717) is 6.04 Å².